The van der Waals surface area contributed by atoms with Gasteiger partial charge in [0.05, 0.1) is 18.3 Å². The Hall–Kier alpha value is -2.05. The smallest absolute Gasteiger partial charge is 0.410 e. The molecule has 1 aromatic rings. The fraction of sp³-hybridized carbons (Fsp3) is 0.720. The highest BCUT2D eigenvalue weighted by Crippen LogP contribution is 2.55. The van der Waals surface area contributed by atoms with Crippen molar-refractivity contribution in [2.45, 2.75) is 109 Å². The van der Waals surface area contributed by atoms with Crippen molar-refractivity contribution in [2.24, 2.45) is 0 Å². The highest BCUT2D eigenvalue weighted by atomic mass is 19.3. The number of rotatable bonds is 0. The van der Waals surface area contributed by atoms with Crippen LogP contribution >= 0.6 is 0 Å². The summed E-state index contributed by atoms with van der Waals surface area (Å²) in [7, 11) is 0. The van der Waals surface area contributed by atoms with Crippen LogP contribution in [0.1, 0.15) is 79.9 Å². The Bertz CT molecular complexity index is 940. The van der Waals surface area contributed by atoms with Crippen molar-refractivity contribution in [2.75, 3.05) is 11.4 Å². The maximum Gasteiger partial charge on any atom is 0.410 e. The Labute approximate surface area is 190 Å². The van der Waals surface area contributed by atoms with Gasteiger partial charge >= 0.3 is 6.09 Å². The predicted molar refractivity (Wildman–Crippen MR) is 121 cm³/mol. The Balaban J connectivity index is 1.77. The molecule has 2 fully saturated rings. The molecule has 3 aliphatic heterocycles. The van der Waals surface area contributed by atoms with Gasteiger partial charge in [-0.25, -0.2) is 13.6 Å². The SMILES string of the molecule is CC(C)(C)OC(=O)N1CC(F)(F)C2C1CC1Oc3c(cc(C(C)(C)C)cc3C(C)(C)C)N12. The van der Waals surface area contributed by atoms with Crippen molar-refractivity contribution in [1.29, 1.82) is 0 Å². The Morgan fingerprint density at radius 3 is 2.22 bits per heavy atom. The molecular formula is C25H36F2N2O3. The van der Waals surface area contributed by atoms with Crippen molar-refractivity contribution in [3.63, 3.8) is 0 Å². The molecule has 3 atom stereocenters. The second-order valence-electron chi connectivity index (χ2n) is 12.5. The van der Waals surface area contributed by atoms with Crippen molar-refractivity contribution in [3.8, 4) is 5.75 Å². The van der Waals surface area contributed by atoms with E-state index >= 15 is 8.78 Å². The van der Waals surface area contributed by atoms with E-state index in [1.165, 1.54) is 4.90 Å². The lowest BCUT2D eigenvalue weighted by molar-refractivity contribution is -0.0145. The van der Waals surface area contributed by atoms with Crippen LogP contribution in [0.2, 0.25) is 0 Å². The van der Waals surface area contributed by atoms with E-state index in [4.69, 9.17) is 9.47 Å². The number of carbonyl (C=O) groups excluding carboxylic acids is 1. The number of halogens is 2. The first-order valence-electron chi connectivity index (χ1n) is 11.4. The molecule has 0 spiro atoms. The molecule has 0 radical (unpaired) electrons. The number of nitrogens with zero attached hydrogens (tertiary/aromatic N) is 2. The standard InChI is InChI=1S/C25H36F2N2O3/c1-22(2,3)14-10-15(23(4,5)6)19-16(11-14)29-18(31-19)12-17-20(29)25(26,27)13-28(17)21(30)32-24(7,8)9/h10-11,17-18,20H,12-13H2,1-9H3. The van der Waals surface area contributed by atoms with Crippen molar-refractivity contribution < 1.29 is 23.0 Å². The van der Waals surface area contributed by atoms with E-state index in [1.807, 2.05) is 6.07 Å². The highest BCUT2D eigenvalue weighted by molar-refractivity contribution is 5.74. The molecule has 0 N–H and O–H groups in total. The molecule has 32 heavy (non-hydrogen) atoms. The van der Waals surface area contributed by atoms with Gasteiger partial charge in [-0.15, -0.1) is 0 Å². The third kappa shape index (κ3) is 3.71. The van der Waals surface area contributed by atoms with Crippen LogP contribution in [-0.2, 0) is 15.6 Å². The molecule has 4 rings (SSSR count). The number of fused-ring (bicyclic) bond motifs is 5. The second kappa shape index (κ2) is 6.73. The quantitative estimate of drug-likeness (QED) is 0.498. The maximum absolute atomic E-state index is 15.4. The summed E-state index contributed by atoms with van der Waals surface area (Å²) in [5.74, 6) is -2.37. The van der Waals surface area contributed by atoms with Gasteiger partial charge in [-0.05, 0) is 43.2 Å². The molecule has 0 aliphatic carbocycles. The van der Waals surface area contributed by atoms with Crippen LogP contribution in [0.25, 0.3) is 0 Å². The van der Waals surface area contributed by atoms with Crippen LogP contribution < -0.4 is 9.64 Å². The van der Waals surface area contributed by atoms with Crippen LogP contribution in [0.15, 0.2) is 12.1 Å². The third-order valence-corrected chi connectivity index (χ3v) is 6.54. The summed E-state index contributed by atoms with van der Waals surface area (Å²) in [6, 6.07) is 2.36. The zero-order valence-electron chi connectivity index (χ0n) is 20.7. The van der Waals surface area contributed by atoms with Crippen LogP contribution in [0.5, 0.6) is 5.75 Å². The van der Waals surface area contributed by atoms with Crippen molar-refractivity contribution in [3.05, 3.63) is 23.3 Å². The molecule has 3 heterocycles. The minimum atomic E-state index is -3.07. The number of amides is 1. The van der Waals surface area contributed by atoms with E-state index in [9.17, 15) is 4.79 Å². The third-order valence-electron chi connectivity index (χ3n) is 6.54. The van der Waals surface area contributed by atoms with Gasteiger partial charge in [0.15, 0.2) is 6.23 Å². The lowest BCUT2D eigenvalue weighted by Gasteiger charge is -2.30. The topological polar surface area (TPSA) is 42.0 Å². The Kier molecular flexibility index (Phi) is 4.87. The van der Waals surface area contributed by atoms with E-state index in [-0.39, 0.29) is 10.8 Å². The molecule has 2 saturated heterocycles. The number of carbonyl (C=O) groups is 1. The predicted octanol–water partition coefficient (Wildman–Crippen LogP) is 5.83. The van der Waals surface area contributed by atoms with E-state index < -0.39 is 42.5 Å². The fourth-order valence-corrected chi connectivity index (χ4v) is 5.02. The lowest BCUT2D eigenvalue weighted by Crippen LogP contribution is -2.47. The van der Waals surface area contributed by atoms with Crippen molar-refractivity contribution >= 4 is 11.8 Å². The van der Waals surface area contributed by atoms with Gasteiger partial charge in [0.2, 0.25) is 0 Å². The van der Waals surface area contributed by atoms with Gasteiger partial charge in [-0.1, -0.05) is 47.6 Å². The first-order chi connectivity index (χ1) is 14.4. The second-order valence-corrected chi connectivity index (χ2v) is 12.5. The van der Waals surface area contributed by atoms with E-state index in [0.29, 0.717) is 17.9 Å². The molecule has 0 aromatic heterocycles. The molecule has 1 aromatic carbocycles. The summed E-state index contributed by atoms with van der Waals surface area (Å²) in [6.45, 7) is 17.3. The van der Waals surface area contributed by atoms with Gasteiger partial charge in [0, 0.05) is 12.0 Å². The summed E-state index contributed by atoms with van der Waals surface area (Å²) >= 11 is 0. The first kappa shape index (κ1) is 23.1. The van der Waals surface area contributed by atoms with Gasteiger partial charge in [-0.3, -0.25) is 4.90 Å². The normalized spacial score (nSPS) is 26.5. The molecule has 3 unspecified atom stereocenters. The average molecular weight is 451 g/mol. The minimum Gasteiger partial charge on any atom is -0.468 e. The number of likely N-dealkylation sites (tertiary alicyclic amines) is 1. The molecular weight excluding hydrogens is 414 g/mol. The number of ether oxygens (including phenoxy) is 2. The van der Waals surface area contributed by atoms with Crippen LogP contribution in [-0.4, -0.2) is 47.4 Å². The Morgan fingerprint density at radius 2 is 1.69 bits per heavy atom. The monoisotopic (exact) mass is 450 g/mol. The van der Waals surface area contributed by atoms with Crippen molar-refractivity contribution in [1.82, 2.24) is 4.90 Å². The van der Waals surface area contributed by atoms with E-state index in [1.54, 1.807) is 25.7 Å². The minimum absolute atomic E-state index is 0.146. The number of benzene rings is 1. The first-order valence-corrected chi connectivity index (χ1v) is 11.4. The van der Waals surface area contributed by atoms with Crippen LogP contribution in [0.4, 0.5) is 19.3 Å². The largest absolute Gasteiger partial charge is 0.468 e. The zero-order valence-corrected chi connectivity index (χ0v) is 20.7. The molecule has 178 valence electrons. The van der Waals surface area contributed by atoms with Crippen LogP contribution in [0.3, 0.4) is 0 Å². The molecule has 0 bridgehead atoms. The summed E-state index contributed by atoms with van der Waals surface area (Å²) in [5.41, 5.74) is 1.73. The average Bonchev–Trinajstić information content (AvgIpc) is 3.18. The number of anilines is 1. The molecule has 0 saturated carbocycles. The Morgan fingerprint density at radius 1 is 1.06 bits per heavy atom. The highest BCUT2D eigenvalue weighted by Gasteiger charge is 2.66. The number of alkyl halides is 2. The lowest BCUT2D eigenvalue weighted by atomic mass is 9.79. The zero-order chi connectivity index (χ0) is 24.0. The fourth-order valence-electron chi connectivity index (χ4n) is 5.02. The van der Waals surface area contributed by atoms with Crippen LogP contribution in [0, 0.1) is 0 Å². The summed E-state index contributed by atoms with van der Waals surface area (Å²) in [4.78, 5) is 15.7. The van der Waals surface area contributed by atoms with Gasteiger partial charge in [0.25, 0.3) is 5.92 Å². The molecule has 5 nitrogen and oxygen atoms in total. The molecule has 7 heteroatoms. The van der Waals surface area contributed by atoms with E-state index in [2.05, 4.69) is 47.6 Å². The number of hydrogen-bond acceptors (Lipinski definition) is 4. The summed E-state index contributed by atoms with van der Waals surface area (Å²) < 4.78 is 42.6. The van der Waals surface area contributed by atoms with Gasteiger partial charge < -0.3 is 14.4 Å². The molecule has 1 amide bonds. The maximum atomic E-state index is 15.4. The molecule has 3 aliphatic rings. The summed E-state index contributed by atoms with van der Waals surface area (Å²) in [6.07, 6.45) is -0.889. The van der Waals surface area contributed by atoms with E-state index in [0.717, 1.165) is 11.1 Å². The van der Waals surface area contributed by atoms with Gasteiger partial charge in [-0.2, -0.15) is 0 Å². The number of hydrogen-bond donors (Lipinski definition) is 0. The summed E-state index contributed by atoms with van der Waals surface area (Å²) in [5, 5.41) is 0. The van der Waals surface area contributed by atoms with Gasteiger partial charge in [0.1, 0.15) is 17.4 Å².